The van der Waals surface area contributed by atoms with Crippen LogP contribution in [0.2, 0.25) is 5.02 Å². The Morgan fingerprint density at radius 3 is 2.75 bits per heavy atom. The predicted molar refractivity (Wildman–Crippen MR) is 111 cm³/mol. The van der Waals surface area contributed by atoms with E-state index in [0.29, 0.717) is 17.1 Å². The fourth-order valence-electron chi connectivity index (χ4n) is 3.19. The quantitative estimate of drug-likeness (QED) is 0.551. The zero-order chi connectivity index (χ0) is 19.5. The van der Waals surface area contributed by atoms with Gasteiger partial charge in [0.05, 0.1) is 0 Å². The summed E-state index contributed by atoms with van der Waals surface area (Å²) < 4.78 is 1.96. The third-order valence-corrected chi connectivity index (χ3v) is 4.81. The lowest BCUT2D eigenvalue weighted by Gasteiger charge is -2.09. The molecule has 2 aromatic heterocycles. The van der Waals surface area contributed by atoms with Gasteiger partial charge in [-0.1, -0.05) is 29.8 Å². The van der Waals surface area contributed by atoms with Gasteiger partial charge in [0.1, 0.15) is 11.3 Å². The number of amides is 1. The van der Waals surface area contributed by atoms with Gasteiger partial charge in [0.25, 0.3) is 5.91 Å². The Bertz CT molecular complexity index is 1130. The number of hydrogen-bond acceptors (Lipinski definition) is 3. The molecule has 4 aromatic rings. The Morgan fingerprint density at radius 2 is 1.93 bits per heavy atom. The summed E-state index contributed by atoms with van der Waals surface area (Å²) in [6.45, 7) is 2.49. The molecule has 0 unspecified atom stereocenters. The van der Waals surface area contributed by atoms with Crippen molar-refractivity contribution in [1.29, 1.82) is 0 Å². The van der Waals surface area contributed by atoms with E-state index in [1.807, 2.05) is 72.2 Å². The average Bonchev–Trinajstić information content (AvgIpc) is 3.05. The van der Waals surface area contributed by atoms with Crippen LogP contribution in [0.4, 0.5) is 0 Å². The SMILES string of the molecule is Cc1nc2cccnc2n1-c1cccc(C(=O)NCCc2ccc(Cl)cc2)c1. The molecule has 2 aromatic carbocycles. The van der Waals surface area contributed by atoms with Gasteiger partial charge in [-0.15, -0.1) is 0 Å². The van der Waals surface area contributed by atoms with E-state index in [2.05, 4.69) is 15.3 Å². The minimum absolute atomic E-state index is 0.106. The number of nitrogens with one attached hydrogen (secondary N) is 1. The van der Waals surface area contributed by atoms with Crippen LogP contribution in [0.5, 0.6) is 0 Å². The smallest absolute Gasteiger partial charge is 0.251 e. The maximum Gasteiger partial charge on any atom is 0.251 e. The zero-order valence-corrected chi connectivity index (χ0v) is 16.1. The summed E-state index contributed by atoms with van der Waals surface area (Å²) in [5.41, 5.74) is 4.21. The van der Waals surface area contributed by atoms with E-state index in [-0.39, 0.29) is 5.91 Å². The summed E-state index contributed by atoms with van der Waals surface area (Å²) in [4.78, 5) is 21.6. The highest BCUT2D eigenvalue weighted by Crippen LogP contribution is 2.20. The van der Waals surface area contributed by atoms with Crippen LogP contribution < -0.4 is 5.32 Å². The van der Waals surface area contributed by atoms with Crippen LogP contribution in [0, 0.1) is 6.92 Å². The highest BCUT2D eigenvalue weighted by atomic mass is 35.5. The van der Waals surface area contributed by atoms with Crippen molar-refractivity contribution in [3.8, 4) is 5.69 Å². The van der Waals surface area contributed by atoms with Crippen molar-refractivity contribution >= 4 is 28.7 Å². The summed E-state index contributed by atoms with van der Waals surface area (Å²) in [5.74, 6) is 0.722. The number of hydrogen-bond donors (Lipinski definition) is 1. The first-order chi connectivity index (χ1) is 13.6. The Morgan fingerprint density at radius 1 is 1.11 bits per heavy atom. The molecule has 0 atom stereocenters. The van der Waals surface area contributed by atoms with E-state index in [1.54, 1.807) is 6.20 Å². The number of aromatic nitrogens is 3. The number of imidazole rings is 1. The molecular weight excluding hydrogens is 372 g/mol. The van der Waals surface area contributed by atoms with Crippen molar-refractivity contribution in [2.45, 2.75) is 13.3 Å². The molecule has 0 bridgehead atoms. The maximum absolute atomic E-state index is 12.6. The number of rotatable bonds is 5. The lowest BCUT2D eigenvalue weighted by Crippen LogP contribution is -2.25. The third kappa shape index (κ3) is 3.75. The van der Waals surface area contributed by atoms with E-state index >= 15 is 0 Å². The number of halogens is 1. The molecule has 0 aliphatic heterocycles. The Hall–Kier alpha value is -3.18. The molecule has 5 nitrogen and oxygen atoms in total. The second kappa shape index (κ2) is 7.82. The van der Waals surface area contributed by atoms with E-state index in [0.717, 1.165) is 34.7 Å². The minimum Gasteiger partial charge on any atom is -0.352 e. The first-order valence-corrected chi connectivity index (χ1v) is 9.43. The largest absolute Gasteiger partial charge is 0.352 e. The summed E-state index contributed by atoms with van der Waals surface area (Å²) in [6.07, 6.45) is 2.49. The van der Waals surface area contributed by atoms with Gasteiger partial charge in [0.2, 0.25) is 0 Å². The van der Waals surface area contributed by atoms with Gasteiger partial charge >= 0.3 is 0 Å². The first-order valence-electron chi connectivity index (χ1n) is 9.05. The normalized spacial score (nSPS) is 10.9. The third-order valence-electron chi connectivity index (χ3n) is 4.56. The second-order valence-corrected chi connectivity index (χ2v) is 6.96. The highest BCUT2D eigenvalue weighted by molar-refractivity contribution is 6.30. The van der Waals surface area contributed by atoms with Crippen LogP contribution >= 0.6 is 11.6 Å². The summed E-state index contributed by atoms with van der Waals surface area (Å²) in [6, 6.07) is 18.9. The average molecular weight is 391 g/mol. The first kappa shape index (κ1) is 18.2. The number of carbonyl (C=O) groups excluding carboxylic acids is 1. The molecule has 0 radical (unpaired) electrons. The number of benzene rings is 2. The van der Waals surface area contributed by atoms with Crippen LogP contribution in [0.15, 0.2) is 66.9 Å². The van der Waals surface area contributed by atoms with Gasteiger partial charge in [-0.3, -0.25) is 9.36 Å². The Balaban J connectivity index is 1.51. The molecule has 28 heavy (non-hydrogen) atoms. The molecule has 0 saturated heterocycles. The Labute approximate surface area is 168 Å². The van der Waals surface area contributed by atoms with Gasteiger partial charge in [0.15, 0.2) is 5.65 Å². The molecule has 0 aliphatic carbocycles. The van der Waals surface area contributed by atoms with Crippen molar-refractivity contribution in [1.82, 2.24) is 19.9 Å². The number of aryl methyl sites for hydroxylation is 1. The van der Waals surface area contributed by atoms with Gasteiger partial charge in [-0.25, -0.2) is 9.97 Å². The van der Waals surface area contributed by atoms with Crippen LogP contribution in [0.3, 0.4) is 0 Å². The molecular formula is C22H19ClN4O. The Kier molecular flexibility index (Phi) is 5.08. The van der Waals surface area contributed by atoms with Gasteiger partial charge in [0, 0.05) is 29.0 Å². The van der Waals surface area contributed by atoms with Crippen molar-refractivity contribution in [3.05, 3.63) is 88.8 Å². The molecule has 1 N–H and O–H groups in total. The molecule has 0 saturated carbocycles. The van der Waals surface area contributed by atoms with Crippen molar-refractivity contribution in [2.75, 3.05) is 6.54 Å². The molecule has 2 heterocycles. The molecule has 140 valence electrons. The maximum atomic E-state index is 12.6. The van der Waals surface area contributed by atoms with Crippen LogP contribution in [0.1, 0.15) is 21.7 Å². The van der Waals surface area contributed by atoms with Crippen LogP contribution in [-0.2, 0) is 6.42 Å². The van der Waals surface area contributed by atoms with E-state index in [9.17, 15) is 4.79 Å². The van der Waals surface area contributed by atoms with Crippen molar-refractivity contribution in [2.24, 2.45) is 0 Å². The number of carbonyl (C=O) groups is 1. The van der Waals surface area contributed by atoms with E-state index < -0.39 is 0 Å². The van der Waals surface area contributed by atoms with Crippen molar-refractivity contribution < 1.29 is 4.79 Å². The fraction of sp³-hybridized carbons (Fsp3) is 0.136. The molecule has 4 rings (SSSR count). The van der Waals surface area contributed by atoms with Crippen LogP contribution in [-0.4, -0.2) is 27.0 Å². The van der Waals surface area contributed by atoms with Gasteiger partial charge in [-0.05, 0) is 61.4 Å². The fourth-order valence-corrected chi connectivity index (χ4v) is 3.32. The lowest BCUT2D eigenvalue weighted by molar-refractivity contribution is 0.0954. The number of nitrogens with zero attached hydrogens (tertiary/aromatic N) is 3. The molecule has 0 spiro atoms. The number of fused-ring (bicyclic) bond motifs is 1. The molecule has 0 aliphatic rings. The molecule has 0 fully saturated rings. The standard InChI is InChI=1S/C22H19ClN4O/c1-15-26-20-6-3-12-24-21(20)27(15)19-5-2-4-17(14-19)22(28)25-13-11-16-7-9-18(23)10-8-16/h2-10,12,14H,11,13H2,1H3,(H,25,28). The topological polar surface area (TPSA) is 59.8 Å². The summed E-state index contributed by atoms with van der Waals surface area (Å²) in [5, 5.41) is 3.68. The van der Waals surface area contributed by atoms with Gasteiger partial charge < -0.3 is 5.32 Å². The predicted octanol–water partition coefficient (Wildman–Crippen LogP) is 4.35. The zero-order valence-electron chi connectivity index (χ0n) is 15.4. The summed E-state index contributed by atoms with van der Waals surface area (Å²) >= 11 is 5.90. The second-order valence-electron chi connectivity index (χ2n) is 6.52. The monoisotopic (exact) mass is 390 g/mol. The molecule has 1 amide bonds. The molecule has 6 heteroatoms. The summed E-state index contributed by atoms with van der Waals surface area (Å²) in [7, 11) is 0. The number of pyridine rings is 1. The van der Waals surface area contributed by atoms with Crippen LogP contribution in [0.25, 0.3) is 16.9 Å². The van der Waals surface area contributed by atoms with E-state index in [1.165, 1.54) is 0 Å². The van der Waals surface area contributed by atoms with E-state index in [4.69, 9.17) is 11.6 Å². The minimum atomic E-state index is -0.106. The lowest BCUT2D eigenvalue weighted by atomic mass is 10.1. The van der Waals surface area contributed by atoms with Crippen molar-refractivity contribution in [3.63, 3.8) is 0 Å². The highest BCUT2D eigenvalue weighted by Gasteiger charge is 2.12. The van der Waals surface area contributed by atoms with Gasteiger partial charge in [-0.2, -0.15) is 0 Å².